The third-order valence-corrected chi connectivity index (χ3v) is 6.84. The summed E-state index contributed by atoms with van der Waals surface area (Å²) in [7, 11) is -2.48. The van der Waals surface area contributed by atoms with E-state index in [2.05, 4.69) is 0 Å². The Labute approximate surface area is 176 Å². The quantitative estimate of drug-likeness (QED) is 0.446. The van der Waals surface area contributed by atoms with E-state index < -0.39 is 34.5 Å². The summed E-state index contributed by atoms with van der Waals surface area (Å²) in [6.07, 6.45) is 1.71. The molecular formula is C20H25N3O6S. The summed E-state index contributed by atoms with van der Waals surface area (Å²) in [5.74, 6) is -1.42. The Balaban J connectivity index is 2.11. The van der Waals surface area contributed by atoms with Gasteiger partial charge >= 0.3 is 5.97 Å². The van der Waals surface area contributed by atoms with E-state index in [1.54, 1.807) is 0 Å². The maximum atomic E-state index is 13.1. The Morgan fingerprint density at radius 3 is 2.50 bits per heavy atom. The molecule has 0 radical (unpaired) electrons. The number of amides is 1. The van der Waals surface area contributed by atoms with Gasteiger partial charge in [0, 0.05) is 25.7 Å². The number of likely N-dealkylation sites (N-methyl/N-ethyl adjacent to an activating group) is 1. The molecule has 1 fully saturated rings. The number of nitriles is 1. The normalized spacial score (nSPS) is 17.0. The highest BCUT2D eigenvalue weighted by molar-refractivity contribution is 7.89. The molecule has 0 bridgehead atoms. The standard InChI is InChI=1S/C20H25N3O6S/c1-15(24)16-7-9-17(10-8-16)30(27,28)23-13-4-3-6-18(23)20(26)29-14-19(25)22(2)12-5-11-21/h7-10,18H,3-6,12-14H2,1-2H3. The summed E-state index contributed by atoms with van der Waals surface area (Å²) in [6.45, 7) is 1.25. The van der Waals surface area contributed by atoms with E-state index in [0.717, 1.165) is 4.31 Å². The third kappa shape index (κ3) is 5.64. The van der Waals surface area contributed by atoms with Crippen LogP contribution in [0.25, 0.3) is 0 Å². The highest BCUT2D eigenvalue weighted by Gasteiger charge is 2.38. The predicted octanol–water partition coefficient (Wildman–Crippen LogP) is 1.35. The molecule has 2 rings (SSSR count). The van der Waals surface area contributed by atoms with Gasteiger partial charge in [-0.1, -0.05) is 12.1 Å². The molecule has 0 aliphatic carbocycles. The van der Waals surface area contributed by atoms with Gasteiger partial charge in [0.05, 0.1) is 17.4 Å². The lowest BCUT2D eigenvalue weighted by atomic mass is 10.1. The van der Waals surface area contributed by atoms with Gasteiger partial charge in [-0.2, -0.15) is 9.57 Å². The van der Waals surface area contributed by atoms with Crippen LogP contribution in [0, 0.1) is 11.3 Å². The number of carbonyl (C=O) groups excluding carboxylic acids is 3. The highest BCUT2D eigenvalue weighted by Crippen LogP contribution is 2.26. The molecule has 1 aliphatic heterocycles. The lowest BCUT2D eigenvalue weighted by Crippen LogP contribution is -2.49. The first-order valence-electron chi connectivity index (χ1n) is 9.59. The molecule has 9 nitrogen and oxygen atoms in total. The lowest BCUT2D eigenvalue weighted by molar-refractivity contribution is -0.155. The molecule has 0 saturated carbocycles. The summed E-state index contributed by atoms with van der Waals surface area (Å²) in [6, 6.07) is 6.46. The van der Waals surface area contributed by atoms with E-state index in [0.29, 0.717) is 24.8 Å². The molecule has 1 heterocycles. The van der Waals surface area contributed by atoms with Crippen LogP contribution in [0.2, 0.25) is 0 Å². The van der Waals surface area contributed by atoms with E-state index in [-0.39, 0.29) is 30.2 Å². The number of piperidine rings is 1. The molecule has 162 valence electrons. The number of sulfonamides is 1. The molecular weight excluding hydrogens is 410 g/mol. The fraction of sp³-hybridized carbons (Fsp3) is 0.500. The Kier molecular flexibility index (Phi) is 8.08. The summed E-state index contributed by atoms with van der Waals surface area (Å²) in [5, 5.41) is 8.57. The molecule has 1 amide bonds. The molecule has 1 atom stereocenters. The molecule has 1 unspecified atom stereocenters. The number of nitrogens with zero attached hydrogens (tertiary/aromatic N) is 3. The van der Waals surface area contributed by atoms with Crippen molar-refractivity contribution < 1.29 is 27.5 Å². The van der Waals surface area contributed by atoms with Crippen LogP contribution < -0.4 is 0 Å². The molecule has 1 aliphatic rings. The molecule has 10 heteroatoms. The topological polar surface area (TPSA) is 125 Å². The molecule has 1 aromatic carbocycles. The monoisotopic (exact) mass is 435 g/mol. The maximum absolute atomic E-state index is 13.1. The molecule has 0 spiro atoms. The number of hydrogen-bond donors (Lipinski definition) is 0. The van der Waals surface area contributed by atoms with Crippen molar-refractivity contribution in [1.29, 1.82) is 5.26 Å². The summed E-state index contributed by atoms with van der Waals surface area (Å²) in [5.41, 5.74) is 0.391. The lowest BCUT2D eigenvalue weighted by Gasteiger charge is -2.33. The number of esters is 1. The Morgan fingerprint density at radius 2 is 1.90 bits per heavy atom. The second kappa shape index (κ2) is 10.3. The van der Waals surface area contributed by atoms with Crippen LogP contribution in [0.5, 0.6) is 0 Å². The van der Waals surface area contributed by atoms with Crippen LogP contribution in [0.15, 0.2) is 29.2 Å². The first kappa shape index (κ1) is 23.5. The van der Waals surface area contributed by atoms with Gasteiger partial charge in [-0.3, -0.25) is 14.4 Å². The van der Waals surface area contributed by atoms with Gasteiger partial charge in [0.15, 0.2) is 12.4 Å². The minimum atomic E-state index is -3.98. The first-order chi connectivity index (χ1) is 14.2. The zero-order chi connectivity index (χ0) is 22.3. The van der Waals surface area contributed by atoms with Crippen LogP contribution in [-0.2, 0) is 24.3 Å². The minimum absolute atomic E-state index is 0.0143. The Morgan fingerprint density at radius 1 is 1.23 bits per heavy atom. The van der Waals surface area contributed by atoms with E-state index >= 15 is 0 Å². The number of benzene rings is 1. The first-order valence-corrected chi connectivity index (χ1v) is 11.0. The van der Waals surface area contributed by atoms with Crippen LogP contribution in [0.1, 0.15) is 43.0 Å². The van der Waals surface area contributed by atoms with Gasteiger partial charge < -0.3 is 9.64 Å². The molecule has 0 aromatic heterocycles. The minimum Gasteiger partial charge on any atom is -0.454 e. The van der Waals surface area contributed by atoms with Crippen LogP contribution in [0.3, 0.4) is 0 Å². The van der Waals surface area contributed by atoms with Crippen molar-refractivity contribution in [3.05, 3.63) is 29.8 Å². The van der Waals surface area contributed by atoms with E-state index in [4.69, 9.17) is 10.00 Å². The van der Waals surface area contributed by atoms with Crippen molar-refractivity contribution in [1.82, 2.24) is 9.21 Å². The van der Waals surface area contributed by atoms with Crippen LogP contribution in [-0.4, -0.2) is 68.1 Å². The number of Topliss-reactive ketones (excluding diaryl/α,β-unsaturated/α-hetero) is 1. The third-order valence-electron chi connectivity index (χ3n) is 4.92. The average Bonchev–Trinajstić information content (AvgIpc) is 2.75. The number of hydrogen-bond acceptors (Lipinski definition) is 7. The number of carbonyl (C=O) groups is 3. The average molecular weight is 436 g/mol. The number of rotatable bonds is 8. The Bertz CT molecular complexity index is 936. The molecule has 1 saturated heterocycles. The largest absolute Gasteiger partial charge is 0.454 e. The van der Waals surface area contributed by atoms with E-state index in [1.807, 2.05) is 6.07 Å². The van der Waals surface area contributed by atoms with Gasteiger partial charge in [0.2, 0.25) is 10.0 Å². The van der Waals surface area contributed by atoms with E-state index in [9.17, 15) is 22.8 Å². The van der Waals surface area contributed by atoms with Gasteiger partial charge in [-0.15, -0.1) is 0 Å². The van der Waals surface area contributed by atoms with Crippen LogP contribution in [0.4, 0.5) is 0 Å². The molecule has 0 N–H and O–H groups in total. The van der Waals surface area contributed by atoms with Gasteiger partial charge in [0.25, 0.3) is 5.91 Å². The zero-order valence-corrected chi connectivity index (χ0v) is 17.9. The van der Waals surface area contributed by atoms with Crippen molar-refractivity contribution in [2.24, 2.45) is 0 Å². The highest BCUT2D eigenvalue weighted by atomic mass is 32.2. The molecule has 1 aromatic rings. The smallest absolute Gasteiger partial charge is 0.324 e. The second-order valence-corrected chi connectivity index (χ2v) is 8.93. The summed E-state index contributed by atoms with van der Waals surface area (Å²) < 4.78 is 32.3. The summed E-state index contributed by atoms with van der Waals surface area (Å²) in [4.78, 5) is 37.3. The van der Waals surface area contributed by atoms with Crippen molar-refractivity contribution >= 4 is 27.7 Å². The predicted molar refractivity (Wildman–Crippen MR) is 107 cm³/mol. The van der Waals surface area contributed by atoms with E-state index in [1.165, 1.54) is 43.1 Å². The second-order valence-electron chi connectivity index (χ2n) is 7.04. The number of ketones is 1. The SMILES string of the molecule is CC(=O)c1ccc(S(=O)(=O)N2CCCCC2C(=O)OCC(=O)N(C)CCC#N)cc1. The van der Waals surface area contributed by atoms with Crippen LogP contribution >= 0.6 is 0 Å². The van der Waals surface area contributed by atoms with Gasteiger partial charge in [-0.05, 0) is 38.3 Å². The maximum Gasteiger partial charge on any atom is 0.324 e. The van der Waals surface area contributed by atoms with Crippen molar-refractivity contribution in [3.8, 4) is 6.07 Å². The fourth-order valence-corrected chi connectivity index (χ4v) is 4.75. The summed E-state index contributed by atoms with van der Waals surface area (Å²) >= 11 is 0. The van der Waals surface area contributed by atoms with Crippen molar-refractivity contribution in [3.63, 3.8) is 0 Å². The fourth-order valence-electron chi connectivity index (χ4n) is 3.11. The van der Waals surface area contributed by atoms with Gasteiger partial charge in [-0.25, -0.2) is 8.42 Å². The van der Waals surface area contributed by atoms with Gasteiger partial charge in [0.1, 0.15) is 6.04 Å². The van der Waals surface area contributed by atoms with Crippen molar-refractivity contribution in [2.45, 2.75) is 43.5 Å². The molecule has 30 heavy (non-hydrogen) atoms. The van der Waals surface area contributed by atoms with Crippen molar-refractivity contribution in [2.75, 3.05) is 26.7 Å². The Hall–Kier alpha value is -2.77. The zero-order valence-electron chi connectivity index (χ0n) is 17.0. The number of ether oxygens (including phenoxy) is 1.